The first kappa shape index (κ1) is 23.0. The zero-order valence-electron chi connectivity index (χ0n) is 15.8. The molecule has 16 heteroatoms. The molecule has 1 aliphatic heterocycles. The molecule has 0 spiro atoms. The average molecular weight is 460 g/mol. The van der Waals surface area contributed by atoms with Crippen LogP contribution in [0.2, 0.25) is 0 Å². The molecule has 3 rings (SSSR count). The molecule has 2 aromatic heterocycles. The summed E-state index contributed by atoms with van der Waals surface area (Å²) in [4.78, 5) is 53.4. The number of hydrogen-bond donors (Lipinski definition) is 7. The number of H-pyrrole nitrogens is 2. The van der Waals surface area contributed by atoms with Crippen LogP contribution in [0.1, 0.15) is 11.9 Å². The van der Waals surface area contributed by atoms with E-state index < -0.39 is 62.1 Å². The van der Waals surface area contributed by atoms with Gasteiger partial charge in [-0.3, -0.25) is 28.8 Å². The van der Waals surface area contributed by atoms with Crippen molar-refractivity contribution in [2.45, 2.75) is 37.0 Å². The molecule has 3 heterocycles. The molecule has 6 atom stereocenters. The first-order valence-corrected chi connectivity index (χ1v) is 10.5. The minimum atomic E-state index is -4.69. The quantitative estimate of drug-likeness (QED) is 0.192. The standard InChI is InChI=1S/C15H21N6O9P/c16-8(3-7-4-17-6-18-7)13(25)20-31(27,28)29-5-9-11(23)12(24)14(30-9)21-2-1-10(22)19-15(21)26/h1-2,4,6,8-9,11-12,14,23-24H,3,5,16H2,(H,17,18)(H,19,22,26)(H2,20,25,27,28)/t8-,9+,11+,12+,14+/m0/s1. The molecule has 1 aliphatic rings. The maximum absolute atomic E-state index is 12.2. The first-order chi connectivity index (χ1) is 14.6. The van der Waals surface area contributed by atoms with E-state index in [4.69, 9.17) is 15.0 Å². The Hall–Kier alpha value is -2.65. The van der Waals surface area contributed by atoms with Gasteiger partial charge >= 0.3 is 13.4 Å². The summed E-state index contributed by atoms with van der Waals surface area (Å²) in [6.45, 7) is -0.712. The highest BCUT2D eigenvalue weighted by Gasteiger charge is 2.45. The van der Waals surface area contributed by atoms with Gasteiger partial charge in [0, 0.05) is 30.6 Å². The molecule has 1 unspecified atom stereocenters. The van der Waals surface area contributed by atoms with Gasteiger partial charge in [0.05, 0.1) is 19.0 Å². The van der Waals surface area contributed by atoms with Crippen LogP contribution in [0.15, 0.2) is 34.4 Å². The Labute approximate surface area is 173 Å². The number of hydrogen-bond acceptors (Lipinski definition) is 10. The highest BCUT2D eigenvalue weighted by atomic mass is 31.2. The van der Waals surface area contributed by atoms with Crippen molar-refractivity contribution in [3.63, 3.8) is 0 Å². The lowest BCUT2D eigenvalue weighted by Crippen LogP contribution is -2.41. The first-order valence-electron chi connectivity index (χ1n) is 8.93. The maximum atomic E-state index is 12.2. The highest BCUT2D eigenvalue weighted by Crippen LogP contribution is 2.39. The topological polar surface area (TPSA) is 235 Å². The van der Waals surface area contributed by atoms with Crippen LogP contribution in [0, 0.1) is 0 Å². The van der Waals surface area contributed by atoms with Crippen molar-refractivity contribution in [3.05, 3.63) is 51.3 Å². The molecular weight excluding hydrogens is 439 g/mol. The van der Waals surface area contributed by atoms with Gasteiger partial charge in [0.1, 0.15) is 18.3 Å². The Kier molecular flexibility index (Phi) is 6.86. The summed E-state index contributed by atoms with van der Waals surface area (Å²) in [5.74, 6) is -0.967. The molecule has 0 aromatic carbocycles. The van der Waals surface area contributed by atoms with Gasteiger partial charge in [0.2, 0.25) is 5.91 Å². The van der Waals surface area contributed by atoms with Crippen LogP contribution in [-0.2, 0) is 25.0 Å². The minimum Gasteiger partial charge on any atom is -0.387 e. The molecule has 1 fully saturated rings. The molecule has 0 radical (unpaired) electrons. The Morgan fingerprint density at radius 1 is 1.42 bits per heavy atom. The summed E-state index contributed by atoms with van der Waals surface area (Å²) in [6.07, 6.45) is -2.00. The average Bonchev–Trinajstić information content (AvgIpc) is 3.29. The van der Waals surface area contributed by atoms with Crippen molar-refractivity contribution >= 4 is 13.7 Å². The van der Waals surface area contributed by atoms with Crippen LogP contribution in [0.4, 0.5) is 0 Å². The highest BCUT2D eigenvalue weighted by molar-refractivity contribution is 7.51. The lowest BCUT2D eigenvalue weighted by Gasteiger charge is -2.19. The number of nitrogens with one attached hydrogen (secondary N) is 3. The van der Waals surface area contributed by atoms with Gasteiger partial charge in [-0.15, -0.1) is 0 Å². The zero-order chi connectivity index (χ0) is 22.8. The summed E-state index contributed by atoms with van der Waals surface area (Å²) in [7, 11) is -4.69. The van der Waals surface area contributed by atoms with Gasteiger partial charge < -0.3 is 30.6 Å². The van der Waals surface area contributed by atoms with Gasteiger partial charge in [-0.05, 0) is 0 Å². The van der Waals surface area contributed by atoms with Gasteiger partial charge in [0.15, 0.2) is 6.23 Å². The van der Waals surface area contributed by atoms with E-state index in [9.17, 15) is 34.1 Å². The number of ether oxygens (including phenoxy) is 1. The number of aliphatic hydroxyl groups excluding tert-OH is 2. The molecular formula is C15H21N6O9P. The Morgan fingerprint density at radius 2 is 2.16 bits per heavy atom. The van der Waals surface area contributed by atoms with E-state index >= 15 is 0 Å². The third-order valence-corrected chi connectivity index (χ3v) is 5.46. The van der Waals surface area contributed by atoms with Gasteiger partial charge in [-0.2, -0.15) is 0 Å². The van der Waals surface area contributed by atoms with Crippen molar-refractivity contribution in [1.82, 2.24) is 24.6 Å². The molecule has 15 nitrogen and oxygen atoms in total. The second kappa shape index (κ2) is 9.23. The molecule has 0 aliphatic carbocycles. The number of rotatable bonds is 8. The second-order valence-corrected chi connectivity index (χ2v) is 8.27. The van der Waals surface area contributed by atoms with Gasteiger partial charge in [-0.25, -0.2) is 14.3 Å². The second-order valence-electron chi connectivity index (χ2n) is 6.74. The van der Waals surface area contributed by atoms with E-state index in [1.165, 1.54) is 12.5 Å². The van der Waals surface area contributed by atoms with Gasteiger partial charge in [-0.1, -0.05) is 0 Å². The van der Waals surface area contributed by atoms with Crippen LogP contribution in [0.5, 0.6) is 0 Å². The molecule has 2 aromatic rings. The number of nitrogens with two attached hydrogens (primary N) is 1. The Morgan fingerprint density at radius 3 is 2.81 bits per heavy atom. The van der Waals surface area contributed by atoms with E-state index in [0.717, 1.165) is 16.8 Å². The Balaban J connectivity index is 1.58. The summed E-state index contributed by atoms with van der Waals surface area (Å²) >= 11 is 0. The largest absolute Gasteiger partial charge is 0.432 e. The van der Waals surface area contributed by atoms with Crippen LogP contribution in [0.25, 0.3) is 0 Å². The molecule has 170 valence electrons. The predicted molar refractivity (Wildman–Crippen MR) is 101 cm³/mol. The number of aromatic amines is 2. The fraction of sp³-hybridized carbons (Fsp3) is 0.467. The summed E-state index contributed by atoms with van der Waals surface area (Å²) in [5.41, 5.74) is 4.66. The molecule has 8 N–H and O–H groups in total. The zero-order valence-corrected chi connectivity index (χ0v) is 16.7. The summed E-state index contributed by atoms with van der Waals surface area (Å²) in [5, 5.41) is 22.0. The van der Waals surface area contributed by atoms with E-state index in [0.29, 0.717) is 5.69 Å². The smallest absolute Gasteiger partial charge is 0.387 e. The summed E-state index contributed by atoms with van der Waals surface area (Å²) in [6, 6.07) is -0.159. The van der Waals surface area contributed by atoms with E-state index in [2.05, 4.69) is 9.97 Å². The van der Waals surface area contributed by atoms with Gasteiger partial charge in [0.25, 0.3) is 5.56 Å². The maximum Gasteiger partial charge on any atom is 0.432 e. The molecule has 31 heavy (non-hydrogen) atoms. The van der Waals surface area contributed by atoms with E-state index in [1.54, 1.807) is 5.09 Å². The normalized spacial score (nSPS) is 26.3. The number of aliphatic hydroxyl groups is 2. The van der Waals surface area contributed by atoms with Crippen molar-refractivity contribution in [3.8, 4) is 0 Å². The molecule has 0 bridgehead atoms. The van der Waals surface area contributed by atoms with Crippen LogP contribution >= 0.6 is 7.75 Å². The van der Waals surface area contributed by atoms with Crippen molar-refractivity contribution in [1.29, 1.82) is 0 Å². The minimum absolute atomic E-state index is 0.0259. The fourth-order valence-electron chi connectivity index (χ4n) is 2.88. The molecule has 0 saturated carbocycles. The SMILES string of the molecule is N[C@@H](Cc1cnc[nH]1)C(=O)NP(=O)(O)OC[C@H]1O[C@@H](n2ccc(=O)[nH]c2=O)[C@H](O)[C@@H]1O. The molecule has 1 saturated heterocycles. The van der Waals surface area contributed by atoms with Crippen LogP contribution in [-0.4, -0.2) is 71.5 Å². The Bertz CT molecular complexity index is 1070. The third-order valence-electron chi connectivity index (χ3n) is 4.46. The number of amides is 1. The molecule has 1 amide bonds. The van der Waals surface area contributed by atoms with Crippen LogP contribution < -0.4 is 22.1 Å². The fourth-order valence-corrected chi connectivity index (χ4v) is 3.74. The number of nitrogens with zero attached hydrogens (tertiary/aromatic N) is 2. The lowest BCUT2D eigenvalue weighted by molar-refractivity contribution is -0.121. The van der Waals surface area contributed by atoms with Crippen molar-refractivity contribution < 1.29 is 33.7 Å². The number of carbonyl (C=O) groups excluding carboxylic acids is 1. The van der Waals surface area contributed by atoms with E-state index in [-0.39, 0.29) is 6.42 Å². The predicted octanol–water partition coefficient (Wildman–Crippen LogP) is -3.32. The third kappa shape index (κ3) is 5.54. The van der Waals surface area contributed by atoms with Crippen molar-refractivity contribution in [2.24, 2.45) is 5.73 Å². The number of aromatic nitrogens is 4. The monoisotopic (exact) mass is 460 g/mol. The van der Waals surface area contributed by atoms with Crippen LogP contribution in [0.3, 0.4) is 0 Å². The summed E-state index contributed by atoms with van der Waals surface area (Å²) < 4.78 is 23.1. The van der Waals surface area contributed by atoms with E-state index in [1.807, 2.05) is 4.98 Å². The lowest BCUT2D eigenvalue weighted by atomic mass is 10.1. The number of imidazole rings is 1. The number of carbonyl (C=O) groups is 1. The van der Waals surface area contributed by atoms with Crippen molar-refractivity contribution in [2.75, 3.05) is 6.61 Å².